The summed E-state index contributed by atoms with van der Waals surface area (Å²) in [6.07, 6.45) is 0. The van der Waals surface area contributed by atoms with E-state index in [9.17, 15) is 9.59 Å². The highest BCUT2D eigenvalue weighted by atomic mass is 32.2. The first-order chi connectivity index (χ1) is 12.0. The third-order valence-electron chi connectivity index (χ3n) is 3.34. The summed E-state index contributed by atoms with van der Waals surface area (Å²) in [6.45, 7) is 3.97. The van der Waals surface area contributed by atoms with Crippen LogP contribution in [0.2, 0.25) is 0 Å². The fourth-order valence-corrected chi connectivity index (χ4v) is 5.03. The number of Topliss-reactive ketones (excluding diaryl/α,β-unsaturated/α-hetero) is 1. The monoisotopic (exact) mass is 409 g/mol. The van der Waals surface area contributed by atoms with Crippen LogP contribution in [0.5, 0.6) is 0 Å². The number of amides is 1. The molecule has 1 aromatic carbocycles. The molecule has 1 heterocycles. The maximum Gasteiger partial charge on any atom is 0.261 e. The molecule has 3 nitrogen and oxygen atoms in total. The van der Waals surface area contributed by atoms with E-state index < -0.39 is 0 Å². The Morgan fingerprint density at radius 2 is 1.80 bits per heavy atom. The lowest BCUT2D eigenvalue weighted by molar-refractivity contribution is 0.0943. The molecular weight excluding hydrogens is 390 g/mol. The van der Waals surface area contributed by atoms with Crippen LogP contribution in [0.4, 0.5) is 0 Å². The van der Waals surface area contributed by atoms with Crippen molar-refractivity contribution in [3.05, 3.63) is 57.8 Å². The van der Waals surface area contributed by atoms with Crippen molar-refractivity contribution in [2.75, 3.05) is 11.5 Å². The first-order valence-electron chi connectivity index (χ1n) is 7.79. The maximum absolute atomic E-state index is 12.4. The van der Waals surface area contributed by atoms with Crippen molar-refractivity contribution in [1.29, 1.82) is 0 Å². The number of nitrogens with one attached hydrogen (secondary N) is 1. The summed E-state index contributed by atoms with van der Waals surface area (Å²) in [5, 5.41) is 2.96. The molecule has 0 fully saturated rings. The van der Waals surface area contributed by atoms with Crippen molar-refractivity contribution in [1.82, 2.24) is 5.32 Å². The van der Waals surface area contributed by atoms with Crippen molar-refractivity contribution in [3.8, 4) is 0 Å². The van der Waals surface area contributed by atoms with E-state index >= 15 is 0 Å². The Kier molecular flexibility index (Phi) is 8.15. The average Bonchev–Trinajstić information content (AvgIpc) is 3.11. The van der Waals surface area contributed by atoms with Gasteiger partial charge in [-0.15, -0.1) is 23.1 Å². The third-order valence-corrected chi connectivity index (χ3v) is 7.04. The summed E-state index contributed by atoms with van der Waals surface area (Å²) in [7, 11) is 0. The molecule has 0 spiro atoms. The first-order valence-corrected chi connectivity index (χ1v) is 11.0. The quantitative estimate of drug-likeness (QED) is 0.503. The Morgan fingerprint density at radius 1 is 1.12 bits per heavy atom. The first kappa shape index (κ1) is 20.2. The topological polar surface area (TPSA) is 46.2 Å². The van der Waals surface area contributed by atoms with E-state index in [2.05, 4.69) is 5.32 Å². The molecule has 1 aromatic heterocycles. The van der Waals surface area contributed by atoms with E-state index in [-0.39, 0.29) is 17.7 Å². The number of ketones is 1. The van der Waals surface area contributed by atoms with Crippen molar-refractivity contribution in [2.45, 2.75) is 19.9 Å². The predicted molar refractivity (Wildman–Crippen MR) is 114 cm³/mol. The molecule has 0 saturated heterocycles. The molecule has 25 heavy (non-hydrogen) atoms. The van der Waals surface area contributed by atoms with E-state index in [0.717, 1.165) is 14.8 Å². The number of benzene rings is 1. The maximum atomic E-state index is 12.4. The number of carbonyl (C=O) groups is 2. The van der Waals surface area contributed by atoms with Gasteiger partial charge in [-0.1, -0.05) is 61.2 Å². The minimum absolute atomic E-state index is 0.00390. The molecule has 132 valence electrons. The van der Waals surface area contributed by atoms with Gasteiger partial charge in [0.25, 0.3) is 5.91 Å². The second-order valence-corrected chi connectivity index (χ2v) is 9.69. The van der Waals surface area contributed by atoms with Gasteiger partial charge in [-0.05, 0) is 30.4 Å². The van der Waals surface area contributed by atoms with Gasteiger partial charge in [-0.25, -0.2) is 0 Å². The molecule has 2 aromatic rings. The lowest BCUT2D eigenvalue weighted by Gasteiger charge is -2.13. The van der Waals surface area contributed by atoms with Crippen LogP contribution < -0.4 is 5.32 Å². The second kappa shape index (κ2) is 10.1. The van der Waals surface area contributed by atoms with Crippen LogP contribution in [0, 0.1) is 0 Å². The zero-order chi connectivity index (χ0) is 18.2. The van der Waals surface area contributed by atoms with Crippen LogP contribution in [-0.4, -0.2) is 26.7 Å². The summed E-state index contributed by atoms with van der Waals surface area (Å²) in [4.78, 5) is 25.7. The normalized spacial score (nSPS) is 11.8. The summed E-state index contributed by atoms with van der Waals surface area (Å²) < 4.78 is 0.780. The van der Waals surface area contributed by atoms with Gasteiger partial charge in [-0.3, -0.25) is 9.59 Å². The van der Waals surface area contributed by atoms with Gasteiger partial charge in [0.15, 0.2) is 5.78 Å². The van der Waals surface area contributed by atoms with Crippen molar-refractivity contribution >= 4 is 62.3 Å². The Hall–Kier alpha value is -1.15. The number of hydrogen-bond acceptors (Lipinski definition) is 6. The summed E-state index contributed by atoms with van der Waals surface area (Å²) in [5.41, 5.74) is 1.04. The smallest absolute Gasteiger partial charge is 0.261 e. The van der Waals surface area contributed by atoms with Crippen LogP contribution in [-0.2, 0) is 0 Å². The molecule has 1 N–H and O–H groups in total. The van der Waals surface area contributed by atoms with Crippen LogP contribution in [0.15, 0.2) is 42.5 Å². The average molecular weight is 410 g/mol. The minimum atomic E-state index is -0.162. The molecule has 0 aliphatic carbocycles. The summed E-state index contributed by atoms with van der Waals surface area (Å²) >= 11 is 9.35. The highest BCUT2D eigenvalue weighted by Crippen LogP contribution is 2.23. The van der Waals surface area contributed by atoms with E-state index in [4.69, 9.17) is 12.2 Å². The molecule has 7 heteroatoms. The lowest BCUT2D eigenvalue weighted by atomic mass is 10.1. The van der Waals surface area contributed by atoms with Gasteiger partial charge in [0, 0.05) is 0 Å². The van der Waals surface area contributed by atoms with E-state index in [1.165, 1.54) is 23.1 Å². The Labute approximate surface area is 166 Å². The Balaban J connectivity index is 1.92. The van der Waals surface area contributed by atoms with Crippen molar-refractivity contribution in [2.24, 2.45) is 0 Å². The molecule has 2 rings (SSSR count). The minimum Gasteiger partial charge on any atom is -0.345 e. The molecule has 0 radical (unpaired) electrons. The number of hydrogen-bond donors (Lipinski definition) is 1. The predicted octanol–water partition coefficient (Wildman–Crippen LogP) is 5.19. The molecule has 0 saturated carbocycles. The number of carbonyl (C=O) groups excluding carboxylic acids is 2. The van der Waals surface area contributed by atoms with Crippen LogP contribution in [0.3, 0.4) is 0 Å². The van der Waals surface area contributed by atoms with Crippen LogP contribution in [0.25, 0.3) is 0 Å². The largest absolute Gasteiger partial charge is 0.345 e. The fourth-order valence-electron chi connectivity index (χ4n) is 2.06. The van der Waals surface area contributed by atoms with Gasteiger partial charge in [0.05, 0.1) is 21.5 Å². The number of rotatable bonds is 7. The van der Waals surface area contributed by atoms with Gasteiger partial charge in [-0.2, -0.15) is 0 Å². The highest BCUT2D eigenvalue weighted by Gasteiger charge is 2.16. The fraction of sp³-hybridized carbons (Fsp3) is 0.278. The molecule has 0 aliphatic heterocycles. The summed E-state index contributed by atoms with van der Waals surface area (Å²) in [5.74, 6) is 1.06. The molecule has 1 amide bonds. The van der Waals surface area contributed by atoms with Crippen molar-refractivity contribution < 1.29 is 9.59 Å². The second-order valence-electron chi connectivity index (χ2n) is 5.16. The van der Waals surface area contributed by atoms with Gasteiger partial charge >= 0.3 is 0 Å². The summed E-state index contributed by atoms with van der Waals surface area (Å²) in [6, 6.07) is 13.1. The van der Waals surface area contributed by atoms with Gasteiger partial charge < -0.3 is 5.32 Å². The number of thiocarbonyl (C=S) groups is 1. The van der Waals surface area contributed by atoms with E-state index in [0.29, 0.717) is 15.5 Å². The standard InChI is InChI=1S/C18H19NO2S4/c1-3-23-18(22)24-11-14(20)15-9-10-16(25-15)17(21)19-12(2)13-7-5-4-6-8-13/h4-10,12H,3,11H2,1-2H3,(H,19,21)/t12-/m0/s1. The van der Waals surface area contributed by atoms with Crippen LogP contribution in [0.1, 0.15) is 44.8 Å². The molecule has 0 unspecified atom stereocenters. The van der Waals surface area contributed by atoms with Crippen LogP contribution >= 0.6 is 47.1 Å². The molecular formula is C18H19NO2S4. The molecule has 1 atom stereocenters. The van der Waals surface area contributed by atoms with E-state index in [1.54, 1.807) is 23.9 Å². The Bertz CT molecular complexity index is 743. The molecule has 0 bridgehead atoms. The lowest BCUT2D eigenvalue weighted by Crippen LogP contribution is -2.25. The highest BCUT2D eigenvalue weighted by molar-refractivity contribution is 8.47. The molecule has 0 aliphatic rings. The zero-order valence-corrected chi connectivity index (χ0v) is 17.2. The Morgan fingerprint density at radius 3 is 2.48 bits per heavy atom. The van der Waals surface area contributed by atoms with Gasteiger partial charge in [0.1, 0.15) is 3.53 Å². The van der Waals surface area contributed by atoms with Gasteiger partial charge in [0.2, 0.25) is 0 Å². The van der Waals surface area contributed by atoms with E-state index in [1.807, 2.05) is 44.2 Å². The third kappa shape index (κ3) is 6.26. The van der Waals surface area contributed by atoms with Crippen molar-refractivity contribution in [3.63, 3.8) is 0 Å². The zero-order valence-electron chi connectivity index (χ0n) is 14.0. The number of thioether (sulfide) groups is 2. The SMILES string of the molecule is CCSC(=S)SCC(=O)c1ccc(C(=O)N[C@@H](C)c2ccccc2)s1. The number of thiophene rings is 1.